The van der Waals surface area contributed by atoms with E-state index >= 15 is 0 Å². The van der Waals surface area contributed by atoms with Crippen LogP contribution in [0.3, 0.4) is 0 Å². The van der Waals surface area contributed by atoms with Gasteiger partial charge in [0.15, 0.2) is 0 Å². The Labute approximate surface area is 159 Å². The highest BCUT2D eigenvalue weighted by Crippen LogP contribution is 2.36. The van der Waals surface area contributed by atoms with Crippen molar-refractivity contribution in [2.75, 3.05) is 26.3 Å². The quantitative estimate of drug-likeness (QED) is 0.902. The molecule has 0 bridgehead atoms. The van der Waals surface area contributed by atoms with Crippen molar-refractivity contribution in [1.29, 1.82) is 0 Å². The van der Waals surface area contributed by atoms with E-state index in [4.69, 9.17) is 4.74 Å². The number of ether oxygens (including phenoxy) is 1. The summed E-state index contributed by atoms with van der Waals surface area (Å²) in [6, 6.07) is 14.8. The van der Waals surface area contributed by atoms with Gasteiger partial charge in [0.2, 0.25) is 5.91 Å². The van der Waals surface area contributed by atoms with Gasteiger partial charge >= 0.3 is 0 Å². The zero-order valence-electron chi connectivity index (χ0n) is 15.5. The minimum atomic E-state index is -0.320. The molecule has 4 nitrogen and oxygen atoms in total. The monoisotopic (exact) mass is 368 g/mol. The molecule has 0 saturated carbocycles. The Bertz CT molecular complexity index is 802. The lowest BCUT2D eigenvalue weighted by Crippen LogP contribution is -2.48. The van der Waals surface area contributed by atoms with Crippen LogP contribution in [0.2, 0.25) is 0 Å². The van der Waals surface area contributed by atoms with Gasteiger partial charge in [-0.05, 0) is 42.2 Å². The largest absolute Gasteiger partial charge is 0.379 e. The number of hydrogen-bond donors (Lipinski definition) is 1. The molecule has 0 radical (unpaired) electrons. The summed E-state index contributed by atoms with van der Waals surface area (Å²) < 4.78 is 18.7. The Hall–Kier alpha value is -2.24. The molecule has 1 aliphatic carbocycles. The summed E-state index contributed by atoms with van der Waals surface area (Å²) in [7, 11) is 0. The van der Waals surface area contributed by atoms with Crippen molar-refractivity contribution < 1.29 is 13.9 Å². The molecule has 2 aromatic rings. The van der Waals surface area contributed by atoms with Gasteiger partial charge in [0.05, 0.1) is 31.2 Å². The van der Waals surface area contributed by atoms with Gasteiger partial charge in [0.1, 0.15) is 5.82 Å². The number of halogens is 1. The highest BCUT2D eigenvalue weighted by molar-refractivity contribution is 5.83. The summed E-state index contributed by atoms with van der Waals surface area (Å²) in [5.74, 6) is -0.623. The number of fused-ring (bicyclic) bond motifs is 1. The van der Waals surface area contributed by atoms with Gasteiger partial charge < -0.3 is 10.1 Å². The molecule has 4 rings (SSSR count). The summed E-state index contributed by atoms with van der Waals surface area (Å²) in [6.07, 6.45) is 0.833. The fourth-order valence-electron chi connectivity index (χ4n) is 4.22. The number of nitrogens with one attached hydrogen (secondary N) is 1. The van der Waals surface area contributed by atoms with E-state index in [1.54, 1.807) is 12.1 Å². The minimum absolute atomic E-state index is 0.0160. The molecule has 0 unspecified atom stereocenters. The summed E-state index contributed by atoms with van der Waals surface area (Å²) in [6.45, 7) is 5.07. The highest BCUT2D eigenvalue weighted by Gasteiger charge is 2.38. The molecule has 3 atom stereocenters. The van der Waals surface area contributed by atoms with E-state index < -0.39 is 0 Å². The van der Waals surface area contributed by atoms with Crippen LogP contribution in [0.25, 0.3) is 0 Å². The third-order valence-corrected chi connectivity index (χ3v) is 5.72. The number of carbonyl (C=O) groups is 1. The second-order valence-corrected chi connectivity index (χ2v) is 7.38. The maximum absolute atomic E-state index is 13.2. The number of morpholine rings is 1. The molecular formula is C22H25FN2O2. The fraction of sp³-hybridized carbons (Fsp3) is 0.409. The Balaban J connectivity index is 1.53. The van der Waals surface area contributed by atoms with Crippen molar-refractivity contribution in [2.45, 2.75) is 31.3 Å². The van der Waals surface area contributed by atoms with Crippen LogP contribution in [0.5, 0.6) is 0 Å². The van der Waals surface area contributed by atoms with Gasteiger partial charge in [-0.15, -0.1) is 0 Å². The lowest BCUT2D eigenvalue weighted by molar-refractivity contribution is -0.123. The molecule has 142 valence electrons. The molecule has 0 spiro atoms. The van der Waals surface area contributed by atoms with Crippen molar-refractivity contribution in [2.24, 2.45) is 0 Å². The van der Waals surface area contributed by atoms with E-state index in [2.05, 4.69) is 34.5 Å². The summed E-state index contributed by atoms with van der Waals surface area (Å²) in [5, 5.41) is 3.27. The van der Waals surface area contributed by atoms with Crippen molar-refractivity contribution in [3.05, 3.63) is 71.0 Å². The molecule has 27 heavy (non-hydrogen) atoms. The van der Waals surface area contributed by atoms with Crippen molar-refractivity contribution >= 4 is 5.91 Å². The van der Waals surface area contributed by atoms with Crippen LogP contribution in [0.1, 0.15) is 35.6 Å². The fourth-order valence-corrected chi connectivity index (χ4v) is 4.22. The van der Waals surface area contributed by atoms with Gasteiger partial charge in [-0.3, -0.25) is 9.69 Å². The number of carbonyl (C=O) groups excluding carboxylic acids is 1. The maximum atomic E-state index is 13.2. The zero-order valence-corrected chi connectivity index (χ0v) is 15.5. The van der Waals surface area contributed by atoms with Gasteiger partial charge in [0, 0.05) is 13.1 Å². The zero-order chi connectivity index (χ0) is 18.8. The normalized spacial score (nSPS) is 23.6. The second kappa shape index (κ2) is 7.79. The van der Waals surface area contributed by atoms with E-state index in [-0.39, 0.29) is 29.7 Å². The summed E-state index contributed by atoms with van der Waals surface area (Å²) >= 11 is 0. The molecule has 1 aliphatic heterocycles. The molecule has 2 aromatic carbocycles. The average Bonchev–Trinajstić information content (AvgIpc) is 3.06. The van der Waals surface area contributed by atoms with Crippen LogP contribution in [0.15, 0.2) is 48.5 Å². The van der Waals surface area contributed by atoms with E-state index in [9.17, 15) is 9.18 Å². The van der Waals surface area contributed by atoms with E-state index in [1.807, 2.05) is 6.92 Å². The molecule has 1 N–H and O–H groups in total. The van der Waals surface area contributed by atoms with Crippen LogP contribution >= 0.6 is 0 Å². The Kier molecular flexibility index (Phi) is 5.23. The summed E-state index contributed by atoms with van der Waals surface area (Å²) in [5.41, 5.74) is 3.43. The SMILES string of the molecule is C[C@H](C(=O)N[C@@H]1Cc2ccccc2[C@H]1N1CCOCC1)c1ccc(F)cc1. The number of nitrogens with zero attached hydrogens (tertiary/aromatic N) is 1. The maximum Gasteiger partial charge on any atom is 0.227 e. The topological polar surface area (TPSA) is 41.6 Å². The van der Waals surface area contributed by atoms with E-state index in [0.717, 1.165) is 38.3 Å². The molecule has 1 saturated heterocycles. The first kappa shape index (κ1) is 18.1. The predicted octanol–water partition coefficient (Wildman–Crippen LogP) is 3.04. The number of benzene rings is 2. The molecule has 1 amide bonds. The van der Waals surface area contributed by atoms with Crippen LogP contribution in [0.4, 0.5) is 4.39 Å². The van der Waals surface area contributed by atoms with Crippen LogP contribution in [-0.2, 0) is 16.0 Å². The lowest BCUT2D eigenvalue weighted by atomic mass is 9.98. The van der Waals surface area contributed by atoms with Crippen molar-refractivity contribution in [3.8, 4) is 0 Å². The van der Waals surface area contributed by atoms with Gasteiger partial charge in [-0.2, -0.15) is 0 Å². The van der Waals surface area contributed by atoms with E-state index in [1.165, 1.54) is 23.3 Å². The molecule has 1 heterocycles. The molecule has 0 aromatic heterocycles. The highest BCUT2D eigenvalue weighted by atomic mass is 19.1. The first-order valence-electron chi connectivity index (χ1n) is 9.59. The average molecular weight is 368 g/mol. The first-order chi connectivity index (χ1) is 13.1. The third-order valence-electron chi connectivity index (χ3n) is 5.72. The molecular weight excluding hydrogens is 343 g/mol. The lowest BCUT2D eigenvalue weighted by Gasteiger charge is -2.36. The standard InChI is InChI=1S/C22H25FN2O2/c1-15(16-6-8-18(23)9-7-16)22(26)24-20-14-17-4-2-3-5-19(17)21(20)25-10-12-27-13-11-25/h2-9,15,20-21H,10-14H2,1H3,(H,24,26)/t15-,20+,21+/m0/s1. The van der Waals surface area contributed by atoms with Gasteiger partial charge in [-0.25, -0.2) is 4.39 Å². The number of amides is 1. The smallest absolute Gasteiger partial charge is 0.227 e. The Morgan fingerprint density at radius 1 is 1.15 bits per heavy atom. The third kappa shape index (κ3) is 3.75. The Morgan fingerprint density at radius 2 is 1.85 bits per heavy atom. The van der Waals surface area contributed by atoms with E-state index in [0.29, 0.717) is 0 Å². The van der Waals surface area contributed by atoms with Crippen molar-refractivity contribution in [3.63, 3.8) is 0 Å². The van der Waals surface area contributed by atoms with Crippen LogP contribution in [0, 0.1) is 5.82 Å². The molecule has 2 aliphatic rings. The van der Waals surface area contributed by atoms with Gasteiger partial charge in [-0.1, -0.05) is 36.4 Å². The molecule has 1 fully saturated rings. The molecule has 5 heteroatoms. The summed E-state index contributed by atoms with van der Waals surface area (Å²) in [4.78, 5) is 15.3. The Morgan fingerprint density at radius 3 is 2.59 bits per heavy atom. The van der Waals surface area contributed by atoms with Crippen LogP contribution < -0.4 is 5.32 Å². The first-order valence-corrected chi connectivity index (χ1v) is 9.59. The van der Waals surface area contributed by atoms with Gasteiger partial charge in [0.25, 0.3) is 0 Å². The minimum Gasteiger partial charge on any atom is -0.379 e. The number of hydrogen-bond acceptors (Lipinski definition) is 3. The second-order valence-electron chi connectivity index (χ2n) is 7.38. The van der Waals surface area contributed by atoms with Crippen LogP contribution in [-0.4, -0.2) is 43.2 Å². The van der Waals surface area contributed by atoms with Crippen molar-refractivity contribution in [1.82, 2.24) is 10.2 Å². The predicted molar refractivity (Wildman–Crippen MR) is 102 cm³/mol. The number of rotatable bonds is 4.